The largest absolute Gasteiger partial charge is 0.480 e. The molecule has 0 bridgehead atoms. The fourth-order valence-corrected chi connectivity index (χ4v) is 3.37. The molecule has 16 nitrogen and oxygen atoms in total. The van der Waals surface area contributed by atoms with Crippen LogP contribution in [0, 0.1) is 0 Å². The number of carboxylic acid groups (broad SMARTS) is 1. The molecule has 17 heteroatoms. The van der Waals surface area contributed by atoms with Crippen molar-refractivity contribution in [3.63, 3.8) is 0 Å². The van der Waals surface area contributed by atoms with Crippen LogP contribution >= 0.6 is 12.6 Å². The molecule has 0 radical (unpaired) electrons. The Bertz CT molecular complexity index is 819. The molecular formula is C21H43N11O5S. The SMILES string of the molecule is NCCCCC(NC(=O)C(N)CS)C(=O)NC(CCCN=C(N)N)C(=O)NC(CCCN=C(N)N)C(=O)O. The van der Waals surface area contributed by atoms with Crippen LogP contribution in [0.15, 0.2) is 9.98 Å². The molecule has 16 N–H and O–H groups in total. The van der Waals surface area contributed by atoms with Crippen molar-refractivity contribution in [3.05, 3.63) is 0 Å². The number of amides is 3. The molecule has 4 unspecified atom stereocenters. The van der Waals surface area contributed by atoms with Crippen LogP contribution in [-0.2, 0) is 19.2 Å². The van der Waals surface area contributed by atoms with Gasteiger partial charge >= 0.3 is 5.97 Å². The Morgan fingerprint density at radius 2 is 1.13 bits per heavy atom. The van der Waals surface area contributed by atoms with E-state index in [2.05, 4.69) is 38.6 Å². The molecule has 0 heterocycles. The first-order valence-electron chi connectivity index (χ1n) is 12.2. The van der Waals surface area contributed by atoms with Gasteiger partial charge in [-0.1, -0.05) is 0 Å². The van der Waals surface area contributed by atoms with Gasteiger partial charge in [0.15, 0.2) is 11.9 Å². The quantitative estimate of drug-likeness (QED) is 0.0294. The molecular weight excluding hydrogens is 518 g/mol. The fourth-order valence-electron chi connectivity index (χ4n) is 3.20. The highest BCUT2D eigenvalue weighted by molar-refractivity contribution is 7.80. The lowest BCUT2D eigenvalue weighted by atomic mass is 10.0. The molecule has 0 aromatic rings. The average molecular weight is 562 g/mol. The lowest BCUT2D eigenvalue weighted by Gasteiger charge is -2.25. The van der Waals surface area contributed by atoms with E-state index in [-0.39, 0.29) is 56.4 Å². The van der Waals surface area contributed by atoms with E-state index in [1.54, 1.807) is 0 Å². The van der Waals surface area contributed by atoms with E-state index in [1.165, 1.54) is 0 Å². The average Bonchev–Trinajstić information content (AvgIpc) is 2.85. The minimum Gasteiger partial charge on any atom is -0.480 e. The summed E-state index contributed by atoms with van der Waals surface area (Å²) in [6.45, 7) is 0.754. The van der Waals surface area contributed by atoms with Crippen molar-refractivity contribution in [3.8, 4) is 0 Å². The highest BCUT2D eigenvalue weighted by Gasteiger charge is 2.29. The maximum atomic E-state index is 13.1. The highest BCUT2D eigenvalue weighted by Crippen LogP contribution is 2.07. The molecule has 0 rings (SSSR count). The van der Waals surface area contributed by atoms with Gasteiger partial charge in [-0.3, -0.25) is 24.4 Å². The zero-order valence-corrected chi connectivity index (χ0v) is 22.4. The van der Waals surface area contributed by atoms with E-state index >= 15 is 0 Å². The second-order valence-electron chi connectivity index (χ2n) is 8.49. The zero-order valence-electron chi connectivity index (χ0n) is 21.5. The lowest BCUT2D eigenvalue weighted by Crippen LogP contribution is -2.57. The number of thiol groups is 1. The first kappa shape index (κ1) is 34.7. The minimum absolute atomic E-state index is 0.0475. The van der Waals surface area contributed by atoms with Crippen LogP contribution in [-0.4, -0.2) is 90.3 Å². The third-order valence-corrected chi connectivity index (χ3v) is 5.64. The molecule has 0 aliphatic heterocycles. The highest BCUT2D eigenvalue weighted by atomic mass is 32.1. The normalized spacial score (nSPS) is 13.8. The van der Waals surface area contributed by atoms with E-state index in [0.29, 0.717) is 25.8 Å². The van der Waals surface area contributed by atoms with Gasteiger partial charge in [-0.2, -0.15) is 12.6 Å². The van der Waals surface area contributed by atoms with Crippen molar-refractivity contribution in [2.75, 3.05) is 25.4 Å². The van der Waals surface area contributed by atoms with Crippen molar-refractivity contribution in [1.29, 1.82) is 0 Å². The molecule has 0 spiro atoms. The number of carbonyl (C=O) groups is 4. The van der Waals surface area contributed by atoms with Crippen LogP contribution in [0.1, 0.15) is 44.9 Å². The maximum Gasteiger partial charge on any atom is 0.326 e. The Kier molecular flexibility index (Phi) is 18.0. The smallest absolute Gasteiger partial charge is 0.326 e. The van der Waals surface area contributed by atoms with Crippen molar-refractivity contribution in [1.82, 2.24) is 16.0 Å². The Balaban J connectivity index is 5.59. The third-order valence-electron chi connectivity index (χ3n) is 5.25. The second-order valence-corrected chi connectivity index (χ2v) is 8.86. The number of aliphatic imine (C=N–C) groups is 2. The number of nitrogens with zero attached hydrogens (tertiary/aromatic N) is 2. The molecule has 0 aromatic heterocycles. The molecule has 0 aliphatic carbocycles. The number of unbranched alkanes of at least 4 members (excludes halogenated alkanes) is 1. The van der Waals surface area contributed by atoms with E-state index in [0.717, 1.165) is 0 Å². The Hall–Kier alpha value is -3.31. The summed E-state index contributed by atoms with van der Waals surface area (Å²) < 4.78 is 0. The van der Waals surface area contributed by atoms with Gasteiger partial charge in [-0.15, -0.1) is 0 Å². The fraction of sp³-hybridized carbons (Fsp3) is 0.714. The number of rotatable bonds is 20. The summed E-state index contributed by atoms with van der Waals surface area (Å²) in [5.41, 5.74) is 32.4. The summed E-state index contributed by atoms with van der Waals surface area (Å²) in [6.07, 6.45) is 2.12. The van der Waals surface area contributed by atoms with Crippen molar-refractivity contribution >= 4 is 48.2 Å². The van der Waals surface area contributed by atoms with Gasteiger partial charge in [0.2, 0.25) is 17.7 Å². The van der Waals surface area contributed by atoms with Crippen molar-refractivity contribution < 1.29 is 24.3 Å². The first-order valence-corrected chi connectivity index (χ1v) is 12.9. The van der Waals surface area contributed by atoms with Crippen LogP contribution in [0.4, 0.5) is 0 Å². The van der Waals surface area contributed by atoms with Gasteiger partial charge in [-0.25, -0.2) is 4.79 Å². The maximum absolute atomic E-state index is 13.1. The molecule has 38 heavy (non-hydrogen) atoms. The molecule has 0 saturated heterocycles. The lowest BCUT2D eigenvalue weighted by molar-refractivity contribution is -0.142. The summed E-state index contributed by atoms with van der Waals surface area (Å²) in [4.78, 5) is 57.8. The Labute approximate surface area is 227 Å². The van der Waals surface area contributed by atoms with Gasteiger partial charge in [-0.05, 0) is 51.5 Å². The number of hydrogen-bond donors (Lipinski definition) is 11. The van der Waals surface area contributed by atoms with E-state index < -0.39 is 47.9 Å². The van der Waals surface area contributed by atoms with Crippen LogP contribution in [0.25, 0.3) is 0 Å². The van der Waals surface area contributed by atoms with Crippen LogP contribution in [0.2, 0.25) is 0 Å². The van der Waals surface area contributed by atoms with Crippen molar-refractivity contribution in [2.45, 2.75) is 69.1 Å². The third kappa shape index (κ3) is 15.7. The first-order chi connectivity index (χ1) is 17.9. The van der Waals surface area contributed by atoms with Crippen LogP contribution in [0.5, 0.6) is 0 Å². The summed E-state index contributed by atoms with van der Waals surface area (Å²) in [7, 11) is 0. The number of guanidine groups is 2. The Morgan fingerprint density at radius 1 is 0.711 bits per heavy atom. The number of nitrogens with one attached hydrogen (secondary N) is 3. The Morgan fingerprint density at radius 3 is 1.55 bits per heavy atom. The predicted molar refractivity (Wildman–Crippen MR) is 148 cm³/mol. The van der Waals surface area contributed by atoms with Gasteiger partial charge in [0.1, 0.15) is 18.1 Å². The second kappa shape index (κ2) is 19.8. The topological polar surface area (TPSA) is 305 Å². The number of aliphatic carboxylic acids is 1. The summed E-state index contributed by atoms with van der Waals surface area (Å²) in [6, 6.07) is -4.31. The molecule has 218 valence electrons. The summed E-state index contributed by atoms with van der Waals surface area (Å²) in [5, 5.41) is 17.2. The van der Waals surface area contributed by atoms with E-state index in [4.69, 9.17) is 34.4 Å². The van der Waals surface area contributed by atoms with Gasteiger partial charge in [0, 0.05) is 18.8 Å². The van der Waals surface area contributed by atoms with E-state index in [9.17, 15) is 24.3 Å². The number of hydrogen-bond acceptors (Lipinski definition) is 9. The van der Waals surface area contributed by atoms with Gasteiger partial charge in [0.25, 0.3) is 0 Å². The molecule has 0 fully saturated rings. The van der Waals surface area contributed by atoms with Crippen molar-refractivity contribution in [2.24, 2.45) is 44.4 Å². The predicted octanol–water partition coefficient (Wildman–Crippen LogP) is -3.98. The standard InChI is InChI=1S/C21H43N11O5S/c22-8-2-1-5-13(30-16(33)12(23)11-38)17(34)31-14(6-3-9-28-20(24)25)18(35)32-15(19(36)37)7-4-10-29-21(26)27/h12-15,38H,1-11,22-23H2,(H,30,33)(H,31,34)(H,32,35)(H,36,37)(H4,24,25,28)(H4,26,27,29). The molecule has 4 atom stereocenters. The number of carbonyl (C=O) groups excluding carboxylic acids is 3. The number of nitrogens with two attached hydrogens (primary N) is 6. The minimum atomic E-state index is -1.26. The molecule has 0 aromatic carbocycles. The number of carboxylic acids is 1. The molecule has 0 aliphatic rings. The van der Waals surface area contributed by atoms with Crippen LogP contribution in [0.3, 0.4) is 0 Å². The summed E-state index contributed by atoms with van der Waals surface area (Å²) >= 11 is 4.00. The van der Waals surface area contributed by atoms with Gasteiger partial charge < -0.3 is 55.5 Å². The molecule has 3 amide bonds. The van der Waals surface area contributed by atoms with E-state index in [1.807, 2.05) is 0 Å². The van der Waals surface area contributed by atoms with Crippen LogP contribution < -0.4 is 50.4 Å². The van der Waals surface area contributed by atoms with Gasteiger partial charge in [0.05, 0.1) is 6.04 Å². The monoisotopic (exact) mass is 561 g/mol. The molecule has 0 saturated carbocycles. The summed E-state index contributed by atoms with van der Waals surface area (Å²) in [5.74, 6) is -3.40. The zero-order chi connectivity index (χ0) is 29.1.